The molecular formula is C7H5BrN2. The van der Waals surface area contributed by atoms with Gasteiger partial charge in [-0.15, -0.1) is 0 Å². The Morgan fingerprint density at radius 3 is 3.10 bits per heavy atom. The number of halogens is 1. The van der Waals surface area contributed by atoms with E-state index in [4.69, 9.17) is 0 Å². The Morgan fingerprint density at radius 2 is 2.30 bits per heavy atom. The molecule has 2 aromatic heterocycles. The van der Waals surface area contributed by atoms with Crippen LogP contribution < -0.4 is 0 Å². The zero-order valence-electron chi connectivity index (χ0n) is 5.13. The zero-order valence-corrected chi connectivity index (χ0v) is 6.72. The summed E-state index contributed by atoms with van der Waals surface area (Å²) in [6.45, 7) is 0. The SMILES string of the molecule is Brc1nccc2cc[nH]c12. The van der Waals surface area contributed by atoms with Gasteiger partial charge in [0.25, 0.3) is 0 Å². The molecule has 1 N–H and O–H groups in total. The maximum Gasteiger partial charge on any atom is 0.130 e. The summed E-state index contributed by atoms with van der Waals surface area (Å²) in [6, 6.07) is 3.98. The summed E-state index contributed by atoms with van der Waals surface area (Å²) in [6.07, 6.45) is 3.68. The van der Waals surface area contributed by atoms with Crippen LogP contribution in [-0.4, -0.2) is 9.97 Å². The smallest absolute Gasteiger partial charge is 0.130 e. The molecule has 2 heterocycles. The van der Waals surface area contributed by atoms with Gasteiger partial charge in [0.15, 0.2) is 0 Å². The van der Waals surface area contributed by atoms with Gasteiger partial charge in [-0.25, -0.2) is 4.98 Å². The van der Waals surface area contributed by atoms with Crippen molar-refractivity contribution in [3.05, 3.63) is 29.1 Å². The minimum absolute atomic E-state index is 0.870. The number of nitrogens with one attached hydrogen (secondary N) is 1. The van der Waals surface area contributed by atoms with E-state index in [9.17, 15) is 0 Å². The van der Waals surface area contributed by atoms with Crippen molar-refractivity contribution in [3.8, 4) is 0 Å². The van der Waals surface area contributed by atoms with Crippen molar-refractivity contribution in [3.63, 3.8) is 0 Å². The molecule has 0 radical (unpaired) electrons. The molecule has 0 aliphatic carbocycles. The van der Waals surface area contributed by atoms with E-state index >= 15 is 0 Å². The minimum atomic E-state index is 0.870. The molecule has 2 nitrogen and oxygen atoms in total. The number of aromatic nitrogens is 2. The molecule has 3 heteroatoms. The first-order chi connectivity index (χ1) is 4.88. The maximum atomic E-state index is 4.06. The number of nitrogens with zero attached hydrogens (tertiary/aromatic N) is 1. The van der Waals surface area contributed by atoms with Crippen molar-refractivity contribution in [2.75, 3.05) is 0 Å². The standard InChI is InChI=1S/C7H5BrN2/c8-7-6-5(1-3-9-6)2-4-10-7/h1-4,9H. The second-order valence-electron chi connectivity index (χ2n) is 2.04. The van der Waals surface area contributed by atoms with E-state index < -0.39 is 0 Å². The number of aromatic amines is 1. The second kappa shape index (κ2) is 2.09. The van der Waals surface area contributed by atoms with Crippen molar-refractivity contribution in [1.29, 1.82) is 0 Å². The molecule has 0 saturated carbocycles. The molecule has 0 aliphatic heterocycles. The zero-order chi connectivity index (χ0) is 6.97. The predicted molar refractivity (Wildman–Crippen MR) is 43.8 cm³/mol. The third-order valence-corrected chi connectivity index (χ3v) is 2.03. The summed E-state index contributed by atoms with van der Waals surface area (Å²) in [5.41, 5.74) is 1.06. The number of hydrogen-bond acceptors (Lipinski definition) is 1. The van der Waals surface area contributed by atoms with Gasteiger partial charge in [0.2, 0.25) is 0 Å². The molecule has 0 unspecified atom stereocenters. The van der Waals surface area contributed by atoms with Crippen LogP contribution >= 0.6 is 15.9 Å². The average molecular weight is 197 g/mol. The van der Waals surface area contributed by atoms with Crippen LogP contribution in [0, 0.1) is 0 Å². The highest BCUT2D eigenvalue weighted by molar-refractivity contribution is 9.10. The second-order valence-corrected chi connectivity index (χ2v) is 2.79. The van der Waals surface area contributed by atoms with Gasteiger partial charge >= 0.3 is 0 Å². The van der Waals surface area contributed by atoms with Crippen LogP contribution in [-0.2, 0) is 0 Å². The molecule has 0 aromatic carbocycles. The van der Waals surface area contributed by atoms with Crippen LogP contribution in [0.2, 0.25) is 0 Å². The Balaban J connectivity index is 2.95. The fourth-order valence-electron chi connectivity index (χ4n) is 0.947. The molecule has 10 heavy (non-hydrogen) atoms. The summed E-state index contributed by atoms with van der Waals surface area (Å²) in [5.74, 6) is 0. The molecule has 0 saturated heterocycles. The Morgan fingerprint density at radius 1 is 1.40 bits per heavy atom. The Kier molecular flexibility index (Phi) is 1.24. The van der Waals surface area contributed by atoms with Crippen molar-refractivity contribution < 1.29 is 0 Å². The molecule has 2 aromatic rings. The Hall–Kier alpha value is -0.830. The van der Waals surface area contributed by atoms with E-state index in [0.717, 1.165) is 10.1 Å². The van der Waals surface area contributed by atoms with Gasteiger partial charge in [0, 0.05) is 17.8 Å². The Labute approximate surface area is 66.4 Å². The lowest BCUT2D eigenvalue weighted by Gasteiger charge is -1.89. The van der Waals surface area contributed by atoms with E-state index in [1.807, 2.05) is 18.3 Å². The summed E-state index contributed by atoms with van der Waals surface area (Å²) < 4.78 is 0.870. The molecule has 0 fully saturated rings. The number of pyridine rings is 1. The van der Waals surface area contributed by atoms with E-state index in [2.05, 4.69) is 25.9 Å². The predicted octanol–water partition coefficient (Wildman–Crippen LogP) is 2.33. The van der Waals surface area contributed by atoms with Gasteiger partial charge in [0.05, 0.1) is 5.52 Å². The molecular weight excluding hydrogens is 192 g/mol. The third kappa shape index (κ3) is 0.743. The lowest BCUT2D eigenvalue weighted by Crippen LogP contribution is -1.74. The highest BCUT2D eigenvalue weighted by Gasteiger charge is 1.96. The fraction of sp³-hybridized carbons (Fsp3) is 0. The molecule has 0 bridgehead atoms. The molecule has 0 atom stereocenters. The van der Waals surface area contributed by atoms with Crippen LogP contribution in [0.3, 0.4) is 0 Å². The summed E-state index contributed by atoms with van der Waals surface area (Å²) in [7, 11) is 0. The van der Waals surface area contributed by atoms with E-state index in [1.165, 1.54) is 5.39 Å². The van der Waals surface area contributed by atoms with Crippen LogP contribution in [0.25, 0.3) is 10.9 Å². The Bertz CT molecular complexity index is 353. The van der Waals surface area contributed by atoms with Gasteiger partial charge in [-0.2, -0.15) is 0 Å². The molecule has 2 rings (SSSR count). The number of rotatable bonds is 0. The van der Waals surface area contributed by atoms with Gasteiger partial charge in [-0.05, 0) is 28.1 Å². The van der Waals surface area contributed by atoms with Crippen molar-refractivity contribution >= 4 is 26.8 Å². The van der Waals surface area contributed by atoms with Crippen molar-refractivity contribution in [2.24, 2.45) is 0 Å². The lowest BCUT2D eigenvalue weighted by molar-refractivity contribution is 1.29. The minimum Gasteiger partial charge on any atom is -0.359 e. The average Bonchev–Trinajstić information content (AvgIpc) is 2.36. The van der Waals surface area contributed by atoms with Gasteiger partial charge < -0.3 is 4.98 Å². The summed E-state index contributed by atoms with van der Waals surface area (Å²) in [4.78, 5) is 7.14. The first kappa shape index (κ1) is 5.92. The highest BCUT2D eigenvalue weighted by Crippen LogP contribution is 2.18. The maximum absolute atomic E-state index is 4.06. The lowest BCUT2D eigenvalue weighted by atomic mass is 10.3. The molecule has 50 valence electrons. The summed E-state index contributed by atoms with van der Waals surface area (Å²) in [5, 5.41) is 1.18. The van der Waals surface area contributed by atoms with Crippen molar-refractivity contribution in [2.45, 2.75) is 0 Å². The van der Waals surface area contributed by atoms with Crippen molar-refractivity contribution in [1.82, 2.24) is 9.97 Å². The van der Waals surface area contributed by atoms with Crippen LogP contribution in [0.15, 0.2) is 29.1 Å². The van der Waals surface area contributed by atoms with Gasteiger partial charge in [-0.3, -0.25) is 0 Å². The highest BCUT2D eigenvalue weighted by atomic mass is 79.9. The summed E-state index contributed by atoms with van der Waals surface area (Å²) >= 11 is 3.33. The fourth-order valence-corrected chi connectivity index (χ4v) is 1.41. The van der Waals surface area contributed by atoms with Gasteiger partial charge in [-0.1, -0.05) is 0 Å². The van der Waals surface area contributed by atoms with E-state index in [0.29, 0.717) is 0 Å². The van der Waals surface area contributed by atoms with E-state index in [-0.39, 0.29) is 0 Å². The van der Waals surface area contributed by atoms with Crippen LogP contribution in [0.4, 0.5) is 0 Å². The topological polar surface area (TPSA) is 28.7 Å². The number of fused-ring (bicyclic) bond motifs is 1. The normalized spacial score (nSPS) is 10.5. The molecule has 0 amide bonds. The number of H-pyrrole nitrogens is 1. The first-order valence-corrected chi connectivity index (χ1v) is 3.75. The van der Waals surface area contributed by atoms with Crippen LogP contribution in [0.1, 0.15) is 0 Å². The van der Waals surface area contributed by atoms with Crippen LogP contribution in [0.5, 0.6) is 0 Å². The number of hydrogen-bond donors (Lipinski definition) is 1. The van der Waals surface area contributed by atoms with E-state index in [1.54, 1.807) is 6.20 Å². The van der Waals surface area contributed by atoms with Gasteiger partial charge in [0.1, 0.15) is 4.60 Å². The monoisotopic (exact) mass is 196 g/mol. The largest absolute Gasteiger partial charge is 0.359 e. The first-order valence-electron chi connectivity index (χ1n) is 2.95. The third-order valence-electron chi connectivity index (χ3n) is 1.43. The quantitative estimate of drug-likeness (QED) is 0.645. The molecule has 0 spiro atoms. The molecule has 0 aliphatic rings.